The Kier molecular flexibility index (Phi) is 6.07. The van der Waals surface area contributed by atoms with Crippen LogP contribution in [-0.2, 0) is 4.79 Å². The predicted octanol–water partition coefficient (Wildman–Crippen LogP) is 4.77. The molecule has 3 aromatic carbocycles. The summed E-state index contributed by atoms with van der Waals surface area (Å²) in [5.41, 5.74) is 1.96. The molecule has 0 spiro atoms. The summed E-state index contributed by atoms with van der Waals surface area (Å²) in [6, 6.07) is 21.8. The zero-order valence-corrected chi connectivity index (χ0v) is 19.1. The number of aromatic nitrogens is 2. The SMILES string of the molecule is O=C(CSc1nc2ccccc2c(=O)n1-c1cccc(Cl)c1)NC1CCOc2ccccc21. The van der Waals surface area contributed by atoms with Crippen LogP contribution >= 0.6 is 23.4 Å². The molecule has 1 aliphatic rings. The van der Waals surface area contributed by atoms with Gasteiger partial charge in [0.1, 0.15) is 5.75 Å². The molecule has 6 nitrogen and oxygen atoms in total. The number of nitrogens with zero attached hydrogens (tertiary/aromatic N) is 2. The largest absolute Gasteiger partial charge is 0.493 e. The highest BCUT2D eigenvalue weighted by Crippen LogP contribution is 2.31. The summed E-state index contributed by atoms with van der Waals surface area (Å²) >= 11 is 7.40. The molecule has 1 aliphatic heterocycles. The van der Waals surface area contributed by atoms with Crippen LogP contribution in [0.25, 0.3) is 16.6 Å². The number of benzene rings is 3. The molecule has 0 fully saturated rings. The fourth-order valence-electron chi connectivity index (χ4n) is 3.91. The topological polar surface area (TPSA) is 73.2 Å². The fraction of sp³-hybridized carbons (Fsp3) is 0.160. The van der Waals surface area contributed by atoms with Crippen LogP contribution in [0.4, 0.5) is 0 Å². The van der Waals surface area contributed by atoms with Crippen LogP contribution in [0.5, 0.6) is 5.75 Å². The lowest BCUT2D eigenvalue weighted by Crippen LogP contribution is -2.33. The highest BCUT2D eigenvalue weighted by molar-refractivity contribution is 7.99. The molecule has 1 N–H and O–H groups in total. The average Bonchev–Trinajstić information content (AvgIpc) is 2.83. The van der Waals surface area contributed by atoms with E-state index in [-0.39, 0.29) is 23.3 Å². The first-order valence-corrected chi connectivity index (χ1v) is 11.9. The summed E-state index contributed by atoms with van der Waals surface area (Å²) in [5, 5.41) is 4.54. The second-order valence-electron chi connectivity index (χ2n) is 7.62. The Morgan fingerprint density at radius 2 is 1.94 bits per heavy atom. The molecule has 1 amide bonds. The van der Waals surface area contributed by atoms with Gasteiger partial charge in [-0.05, 0) is 36.4 Å². The second-order valence-corrected chi connectivity index (χ2v) is 8.99. The highest BCUT2D eigenvalue weighted by Gasteiger charge is 2.23. The number of nitrogens with one attached hydrogen (secondary N) is 1. The van der Waals surface area contributed by atoms with Gasteiger partial charge in [-0.25, -0.2) is 4.98 Å². The molecule has 5 rings (SSSR count). The molecule has 33 heavy (non-hydrogen) atoms. The van der Waals surface area contributed by atoms with Gasteiger partial charge in [-0.15, -0.1) is 0 Å². The Balaban J connectivity index is 1.43. The van der Waals surface area contributed by atoms with Gasteiger partial charge in [0.15, 0.2) is 5.16 Å². The molecule has 2 heterocycles. The zero-order valence-electron chi connectivity index (χ0n) is 17.5. The first kappa shape index (κ1) is 21.6. The molecule has 0 saturated heterocycles. The lowest BCUT2D eigenvalue weighted by atomic mass is 10.0. The lowest BCUT2D eigenvalue weighted by molar-refractivity contribution is -0.119. The van der Waals surface area contributed by atoms with Crippen molar-refractivity contribution in [3.05, 3.63) is 93.7 Å². The highest BCUT2D eigenvalue weighted by atomic mass is 35.5. The third kappa shape index (κ3) is 4.47. The van der Waals surface area contributed by atoms with Crippen LogP contribution < -0.4 is 15.6 Å². The molecule has 0 bridgehead atoms. The Bertz CT molecular complexity index is 1410. The molecule has 1 unspecified atom stereocenters. The van der Waals surface area contributed by atoms with Crippen molar-refractivity contribution < 1.29 is 9.53 Å². The van der Waals surface area contributed by atoms with Gasteiger partial charge < -0.3 is 10.1 Å². The minimum atomic E-state index is -0.205. The first-order valence-electron chi connectivity index (χ1n) is 10.5. The molecule has 166 valence electrons. The summed E-state index contributed by atoms with van der Waals surface area (Å²) in [7, 11) is 0. The van der Waals surface area contributed by atoms with E-state index in [0.717, 1.165) is 11.3 Å². The summed E-state index contributed by atoms with van der Waals surface area (Å²) in [4.78, 5) is 30.8. The Morgan fingerprint density at radius 3 is 2.82 bits per heavy atom. The van der Waals surface area contributed by atoms with Gasteiger partial charge in [0.05, 0.1) is 35.0 Å². The number of halogens is 1. The standard InChI is InChI=1S/C25H20ClN3O3S/c26-16-6-5-7-17(14-16)29-24(31)19-9-1-3-10-20(19)28-25(29)33-15-23(30)27-21-12-13-32-22-11-4-2-8-18(21)22/h1-11,14,21H,12-13,15H2,(H,27,30). The van der Waals surface area contributed by atoms with E-state index in [0.29, 0.717) is 39.8 Å². The number of rotatable bonds is 5. The van der Waals surface area contributed by atoms with Crippen molar-refractivity contribution >= 4 is 40.2 Å². The van der Waals surface area contributed by atoms with Gasteiger partial charge in [-0.3, -0.25) is 14.2 Å². The lowest BCUT2D eigenvalue weighted by Gasteiger charge is -2.26. The molecular formula is C25H20ClN3O3S. The minimum Gasteiger partial charge on any atom is -0.493 e. The second kappa shape index (κ2) is 9.29. The first-order chi connectivity index (χ1) is 16.1. The van der Waals surface area contributed by atoms with Crippen molar-refractivity contribution in [1.82, 2.24) is 14.9 Å². The Hall–Kier alpha value is -3.29. The van der Waals surface area contributed by atoms with E-state index in [9.17, 15) is 9.59 Å². The third-order valence-electron chi connectivity index (χ3n) is 5.44. The normalized spacial score (nSPS) is 15.0. The van der Waals surface area contributed by atoms with Crippen LogP contribution in [0.2, 0.25) is 5.02 Å². The van der Waals surface area contributed by atoms with Crippen LogP contribution in [0.1, 0.15) is 18.0 Å². The van der Waals surface area contributed by atoms with E-state index < -0.39 is 0 Å². The number of thioether (sulfide) groups is 1. The van der Waals surface area contributed by atoms with Crippen molar-refractivity contribution in [1.29, 1.82) is 0 Å². The number of hydrogen-bond donors (Lipinski definition) is 1. The zero-order chi connectivity index (χ0) is 22.8. The number of carbonyl (C=O) groups is 1. The Morgan fingerprint density at radius 1 is 1.12 bits per heavy atom. The van der Waals surface area contributed by atoms with Gasteiger partial charge in [0.2, 0.25) is 5.91 Å². The van der Waals surface area contributed by atoms with Gasteiger partial charge in [-0.1, -0.05) is 59.8 Å². The molecule has 1 aromatic heterocycles. The van der Waals surface area contributed by atoms with E-state index >= 15 is 0 Å². The average molecular weight is 478 g/mol. The van der Waals surface area contributed by atoms with Crippen LogP contribution in [0, 0.1) is 0 Å². The monoisotopic (exact) mass is 477 g/mol. The van der Waals surface area contributed by atoms with Crippen molar-refractivity contribution in [2.75, 3.05) is 12.4 Å². The maximum absolute atomic E-state index is 13.3. The summed E-state index contributed by atoms with van der Waals surface area (Å²) in [5.74, 6) is 0.777. The van der Waals surface area contributed by atoms with Gasteiger partial charge in [0.25, 0.3) is 5.56 Å². The third-order valence-corrected chi connectivity index (χ3v) is 6.61. The van der Waals surface area contributed by atoms with Crippen LogP contribution in [-0.4, -0.2) is 27.8 Å². The number of ether oxygens (including phenoxy) is 1. The molecular weight excluding hydrogens is 458 g/mol. The maximum atomic E-state index is 13.3. The summed E-state index contributed by atoms with van der Waals surface area (Å²) < 4.78 is 7.19. The van der Waals surface area contributed by atoms with Crippen molar-refractivity contribution in [2.45, 2.75) is 17.6 Å². The fourth-order valence-corrected chi connectivity index (χ4v) is 4.92. The molecule has 4 aromatic rings. The summed E-state index contributed by atoms with van der Waals surface area (Å²) in [6.45, 7) is 0.551. The molecule has 8 heteroatoms. The van der Waals surface area contributed by atoms with E-state index in [2.05, 4.69) is 10.3 Å². The van der Waals surface area contributed by atoms with Gasteiger partial charge in [0, 0.05) is 17.0 Å². The van der Waals surface area contributed by atoms with E-state index in [1.807, 2.05) is 30.3 Å². The van der Waals surface area contributed by atoms with Crippen LogP contribution in [0.3, 0.4) is 0 Å². The number of hydrogen-bond acceptors (Lipinski definition) is 5. The smallest absolute Gasteiger partial charge is 0.266 e. The molecule has 0 radical (unpaired) electrons. The quantitative estimate of drug-likeness (QED) is 0.331. The van der Waals surface area contributed by atoms with E-state index in [1.165, 1.54) is 16.3 Å². The predicted molar refractivity (Wildman–Crippen MR) is 131 cm³/mol. The van der Waals surface area contributed by atoms with Crippen molar-refractivity contribution in [2.24, 2.45) is 0 Å². The Labute approximate surface area is 199 Å². The van der Waals surface area contributed by atoms with Crippen molar-refractivity contribution in [3.8, 4) is 11.4 Å². The minimum absolute atomic E-state index is 0.109. The molecule has 1 atom stereocenters. The maximum Gasteiger partial charge on any atom is 0.266 e. The number of amides is 1. The molecule has 0 aliphatic carbocycles. The number of carbonyl (C=O) groups excluding carboxylic acids is 1. The molecule has 0 saturated carbocycles. The van der Waals surface area contributed by atoms with E-state index in [1.54, 1.807) is 42.5 Å². The number of para-hydroxylation sites is 2. The van der Waals surface area contributed by atoms with Gasteiger partial charge >= 0.3 is 0 Å². The van der Waals surface area contributed by atoms with Gasteiger partial charge in [-0.2, -0.15) is 0 Å². The summed E-state index contributed by atoms with van der Waals surface area (Å²) in [6.07, 6.45) is 0.703. The van der Waals surface area contributed by atoms with Crippen LogP contribution in [0.15, 0.2) is 82.7 Å². The van der Waals surface area contributed by atoms with E-state index in [4.69, 9.17) is 16.3 Å². The van der Waals surface area contributed by atoms with Crippen molar-refractivity contribution in [3.63, 3.8) is 0 Å². The number of fused-ring (bicyclic) bond motifs is 2.